The fraction of sp³-hybridized carbons (Fsp3) is 0.188. The normalized spacial score (nSPS) is 9.75. The van der Waals surface area contributed by atoms with E-state index in [1.807, 2.05) is 13.0 Å². The first-order chi connectivity index (χ1) is 9.60. The van der Waals surface area contributed by atoms with Crippen LogP contribution >= 0.6 is 0 Å². The molecule has 2 N–H and O–H groups in total. The summed E-state index contributed by atoms with van der Waals surface area (Å²) in [5.41, 5.74) is 2.40. The van der Waals surface area contributed by atoms with Gasteiger partial charge in [0.05, 0.1) is 0 Å². The van der Waals surface area contributed by atoms with E-state index < -0.39 is 0 Å². The first-order valence-corrected chi connectivity index (χ1v) is 6.18. The van der Waals surface area contributed by atoms with E-state index in [0.29, 0.717) is 11.4 Å². The number of hydrogen-bond acceptors (Lipinski definition) is 3. The molecule has 0 radical (unpaired) electrons. The molecule has 20 heavy (non-hydrogen) atoms. The van der Waals surface area contributed by atoms with Gasteiger partial charge in [-0.3, -0.25) is 4.79 Å². The maximum absolute atomic E-state index is 12.0. The highest BCUT2D eigenvalue weighted by Gasteiger charge is 2.11. The second kappa shape index (κ2) is 6.09. The molecule has 2 rings (SSSR count). The topological polar surface area (TPSA) is 62.5 Å². The summed E-state index contributed by atoms with van der Waals surface area (Å²) in [4.78, 5) is 12.0. The van der Waals surface area contributed by atoms with E-state index >= 15 is 0 Å². The van der Waals surface area contributed by atoms with Gasteiger partial charge < -0.3 is 14.8 Å². The van der Waals surface area contributed by atoms with Crippen LogP contribution in [0.25, 0.3) is 0 Å². The van der Waals surface area contributed by atoms with Crippen molar-refractivity contribution >= 4 is 11.6 Å². The lowest BCUT2D eigenvalue weighted by atomic mass is 10.1. The molecule has 0 fully saturated rings. The third kappa shape index (κ3) is 3.28. The highest BCUT2D eigenvalue weighted by atomic mass is 16.3. The Morgan fingerprint density at radius 2 is 2.10 bits per heavy atom. The number of rotatable bonds is 2. The summed E-state index contributed by atoms with van der Waals surface area (Å²) in [6.07, 6.45) is 0. The van der Waals surface area contributed by atoms with Gasteiger partial charge in [0.2, 0.25) is 0 Å². The monoisotopic (exact) mass is 269 g/mol. The Bertz CT molecular complexity index is 689. The molecule has 2 aromatic rings. The van der Waals surface area contributed by atoms with Crippen molar-refractivity contribution in [1.82, 2.24) is 0 Å². The summed E-state index contributed by atoms with van der Waals surface area (Å²) < 4.78 is 5.27. The molecule has 4 nitrogen and oxygen atoms in total. The molecule has 4 heteroatoms. The van der Waals surface area contributed by atoms with Crippen LogP contribution in [0.4, 0.5) is 5.69 Å². The van der Waals surface area contributed by atoms with Gasteiger partial charge in [0, 0.05) is 11.3 Å². The number of benzene rings is 1. The van der Waals surface area contributed by atoms with Crippen LogP contribution in [0.5, 0.6) is 0 Å². The average molecular weight is 269 g/mol. The Labute approximate surface area is 117 Å². The number of aliphatic hydroxyl groups is 1. The molecule has 0 aliphatic carbocycles. The van der Waals surface area contributed by atoms with Gasteiger partial charge in [-0.05, 0) is 49.7 Å². The molecule has 102 valence electrons. The molecular formula is C16H15NO3. The molecule has 1 aromatic heterocycles. The van der Waals surface area contributed by atoms with Gasteiger partial charge in [-0.2, -0.15) is 0 Å². The van der Waals surface area contributed by atoms with E-state index in [1.165, 1.54) is 0 Å². The number of aryl methyl sites for hydroxylation is 2. The molecule has 0 bridgehead atoms. The van der Waals surface area contributed by atoms with E-state index in [1.54, 1.807) is 31.2 Å². The Kier molecular flexibility index (Phi) is 4.24. The predicted molar refractivity (Wildman–Crippen MR) is 76.5 cm³/mol. The molecule has 0 saturated heterocycles. The van der Waals surface area contributed by atoms with Crippen molar-refractivity contribution in [1.29, 1.82) is 0 Å². The zero-order chi connectivity index (χ0) is 14.5. The summed E-state index contributed by atoms with van der Waals surface area (Å²) in [7, 11) is 0. The van der Waals surface area contributed by atoms with Crippen LogP contribution in [0.15, 0.2) is 34.7 Å². The molecule has 0 aliphatic rings. The second-order valence-electron chi connectivity index (χ2n) is 4.35. The van der Waals surface area contributed by atoms with Crippen LogP contribution < -0.4 is 5.32 Å². The molecule has 0 atom stereocenters. The SMILES string of the molecule is Cc1ccc(C(=O)Nc2ccc(C#CCO)cc2C)o1. The lowest BCUT2D eigenvalue weighted by molar-refractivity contribution is 0.0995. The maximum Gasteiger partial charge on any atom is 0.291 e. The molecule has 0 spiro atoms. The Morgan fingerprint density at radius 3 is 2.70 bits per heavy atom. The smallest absolute Gasteiger partial charge is 0.291 e. The van der Waals surface area contributed by atoms with Gasteiger partial charge in [0.15, 0.2) is 5.76 Å². The van der Waals surface area contributed by atoms with Gasteiger partial charge in [0.25, 0.3) is 5.91 Å². The minimum absolute atomic E-state index is 0.171. The van der Waals surface area contributed by atoms with Crippen LogP contribution in [0.2, 0.25) is 0 Å². The van der Waals surface area contributed by atoms with Crippen LogP contribution in [0, 0.1) is 25.7 Å². The Balaban J connectivity index is 2.16. The van der Waals surface area contributed by atoms with E-state index in [0.717, 1.165) is 11.1 Å². The number of aliphatic hydroxyl groups excluding tert-OH is 1. The minimum atomic E-state index is -0.282. The molecular weight excluding hydrogens is 254 g/mol. The van der Waals surface area contributed by atoms with E-state index in [4.69, 9.17) is 9.52 Å². The Hall–Kier alpha value is -2.51. The number of amides is 1. The lowest BCUT2D eigenvalue weighted by Gasteiger charge is -2.07. The third-order valence-electron chi connectivity index (χ3n) is 2.75. The van der Waals surface area contributed by atoms with Gasteiger partial charge in [-0.1, -0.05) is 11.8 Å². The molecule has 0 aliphatic heterocycles. The van der Waals surface area contributed by atoms with Crippen molar-refractivity contribution in [2.75, 3.05) is 11.9 Å². The number of anilines is 1. The highest BCUT2D eigenvalue weighted by Crippen LogP contribution is 2.17. The summed E-state index contributed by atoms with van der Waals surface area (Å²) in [6.45, 7) is 3.50. The molecule has 0 saturated carbocycles. The molecule has 1 heterocycles. The van der Waals surface area contributed by atoms with Crippen LogP contribution in [-0.4, -0.2) is 17.6 Å². The zero-order valence-corrected chi connectivity index (χ0v) is 11.4. The molecule has 1 amide bonds. The van der Waals surface area contributed by atoms with E-state index in [2.05, 4.69) is 17.2 Å². The average Bonchev–Trinajstić information content (AvgIpc) is 2.86. The second-order valence-corrected chi connectivity index (χ2v) is 4.35. The largest absolute Gasteiger partial charge is 0.456 e. The number of nitrogens with one attached hydrogen (secondary N) is 1. The summed E-state index contributed by atoms with van der Waals surface area (Å²) in [6, 6.07) is 8.81. The van der Waals surface area contributed by atoms with Gasteiger partial charge >= 0.3 is 0 Å². The van der Waals surface area contributed by atoms with Crippen LogP contribution in [0.1, 0.15) is 27.4 Å². The Morgan fingerprint density at radius 1 is 1.30 bits per heavy atom. The van der Waals surface area contributed by atoms with Gasteiger partial charge in [-0.15, -0.1) is 0 Å². The standard InChI is InChI=1S/C16H15NO3/c1-11-10-13(4-3-9-18)6-7-14(11)17-16(19)15-8-5-12(2)20-15/h5-8,10,18H,9H2,1-2H3,(H,17,19). The van der Waals surface area contributed by atoms with Gasteiger partial charge in [-0.25, -0.2) is 0 Å². The van der Waals surface area contributed by atoms with Crippen molar-refractivity contribution in [2.24, 2.45) is 0 Å². The minimum Gasteiger partial charge on any atom is -0.456 e. The third-order valence-corrected chi connectivity index (χ3v) is 2.75. The number of carbonyl (C=O) groups is 1. The summed E-state index contributed by atoms with van der Waals surface area (Å²) >= 11 is 0. The molecule has 1 aromatic carbocycles. The summed E-state index contributed by atoms with van der Waals surface area (Å²) in [5.74, 6) is 6.10. The van der Waals surface area contributed by atoms with Crippen molar-refractivity contribution in [2.45, 2.75) is 13.8 Å². The molecule has 0 unspecified atom stereocenters. The van der Waals surface area contributed by atoms with Crippen LogP contribution in [-0.2, 0) is 0 Å². The van der Waals surface area contributed by atoms with Gasteiger partial charge in [0.1, 0.15) is 12.4 Å². The fourth-order valence-corrected chi connectivity index (χ4v) is 1.76. The van der Waals surface area contributed by atoms with E-state index in [-0.39, 0.29) is 18.3 Å². The zero-order valence-electron chi connectivity index (χ0n) is 11.4. The predicted octanol–water partition coefficient (Wildman–Crippen LogP) is 2.49. The van der Waals surface area contributed by atoms with Crippen molar-refractivity contribution in [3.63, 3.8) is 0 Å². The van der Waals surface area contributed by atoms with E-state index in [9.17, 15) is 4.79 Å². The quantitative estimate of drug-likeness (QED) is 0.823. The number of furan rings is 1. The highest BCUT2D eigenvalue weighted by molar-refractivity contribution is 6.02. The lowest BCUT2D eigenvalue weighted by Crippen LogP contribution is -2.11. The fourth-order valence-electron chi connectivity index (χ4n) is 1.76. The number of carbonyl (C=O) groups excluding carboxylic acids is 1. The van der Waals surface area contributed by atoms with Crippen LogP contribution in [0.3, 0.4) is 0 Å². The van der Waals surface area contributed by atoms with Crippen molar-refractivity contribution in [3.05, 3.63) is 53.0 Å². The van der Waals surface area contributed by atoms with Crippen molar-refractivity contribution < 1.29 is 14.3 Å². The van der Waals surface area contributed by atoms with Crippen molar-refractivity contribution in [3.8, 4) is 11.8 Å². The first-order valence-electron chi connectivity index (χ1n) is 6.18. The summed E-state index contributed by atoms with van der Waals surface area (Å²) in [5, 5.41) is 11.5. The first kappa shape index (κ1) is 13.9. The number of hydrogen-bond donors (Lipinski definition) is 2. The maximum atomic E-state index is 12.0.